The molecule has 3 aliphatic carbocycles. The highest BCUT2D eigenvalue weighted by Crippen LogP contribution is 2.37. The van der Waals surface area contributed by atoms with Crippen molar-refractivity contribution in [3.63, 3.8) is 0 Å². The molecule has 5 rings (SSSR count). The molecule has 1 atom stereocenters. The molecule has 0 spiro atoms. The second-order valence-electron chi connectivity index (χ2n) is 8.69. The Kier molecular flexibility index (Phi) is 7.84. The molecule has 7 nitrogen and oxygen atoms in total. The summed E-state index contributed by atoms with van der Waals surface area (Å²) in [4.78, 5) is 23.2. The van der Waals surface area contributed by atoms with Gasteiger partial charge in [-0.15, -0.1) is 10.2 Å². The molecule has 1 fully saturated rings. The van der Waals surface area contributed by atoms with Crippen molar-refractivity contribution in [1.82, 2.24) is 10.2 Å². The second kappa shape index (κ2) is 11.0. The average molecular weight is 498 g/mol. The molecule has 178 valence electrons. The van der Waals surface area contributed by atoms with E-state index < -0.39 is 16.8 Å². The van der Waals surface area contributed by atoms with E-state index >= 15 is 0 Å². The molecule has 0 aliphatic heterocycles. The van der Waals surface area contributed by atoms with Gasteiger partial charge in [-0.05, 0) is 72.4 Å². The van der Waals surface area contributed by atoms with Gasteiger partial charge in [0.2, 0.25) is 5.13 Å². The van der Waals surface area contributed by atoms with Gasteiger partial charge in [0.1, 0.15) is 5.01 Å². The second-order valence-corrected chi connectivity index (χ2v) is 11.2. The first kappa shape index (κ1) is 24.2. The summed E-state index contributed by atoms with van der Waals surface area (Å²) < 4.78 is 11.2. The summed E-state index contributed by atoms with van der Waals surface area (Å²) in [5.41, 5.74) is 4.58. The van der Waals surface area contributed by atoms with Crippen LogP contribution in [-0.2, 0) is 21.3 Å². The third-order valence-corrected chi connectivity index (χ3v) is 7.78. The first-order valence-corrected chi connectivity index (χ1v) is 13.8. The zero-order chi connectivity index (χ0) is 24.1. The van der Waals surface area contributed by atoms with Crippen LogP contribution >= 0.6 is 11.3 Å². The van der Waals surface area contributed by atoms with Crippen molar-refractivity contribution in [1.29, 1.82) is 0 Å². The highest BCUT2D eigenvalue weighted by atomic mass is 32.2. The van der Waals surface area contributed by atoms with Crippen LogP contribution in [0.25, 0.3) is 11.1 Å². The maximum absolute atomic E-state index is 12.4. The first-order valence-electron chi connectivity index (χ1n) is 11.2. The summed E-state index contributed by atoms with van der Waals surface area (Å²) in [6.45, 7) is 0. The molecule has 1 saturated carbocycles. The van der Waals surface area contributed by atoms with Crippen LogP contribution < -0.4 is 5.32 Å². The maximum Gasteiger partial charge on any atom is 0.303 e. The minimum absolute atomic E-state index is 0.253. The highest BCUT2D eigenvalue weighted by Gasteiger charge is 2.24. The number of nitrogens with zero attached hydrogens (tertiary/aromatic N) is 2. The van der Waals surface area contributed by atoms with Gasteiger partial charge in [-0.25, -0.2) is 0 Å². The van der Waals surface area contributed by atoms with E-state index in [1.54, 1.807) is 18.4 Å². The van der Waals surface area contributed by atoms with Crippen molar-refractivity contribution < 1.29 is 18.9 Å². The maximum atomic E-state index is 12.4. The van der Waals surface area contributed by atoms with Gasteiger partial charge in [-0.3, -0.25) is 19.1 Å². The normalized spacial score (nSPS) is 18.9. The lowest BCUT2D eigenvalue weighted by Gasteiger charge is -2.28. The predicted octanol–water partition coefficient (Wildman–Crippen LogP) is 5.08. The summed E-state index contributed by atoms with van der Waals surface area (Å²) in [7, 11) is -0.996. The number of nitrogens with one attached hydrogen (secondary N) is 1. The van der Waals surface area contributed by atoms with Crippen LogP contribution in [0.2, 0.25) is 0 Å². The fourth-order valence-electron chi connectivity index (χ4n) is 4.23. The molecule has 3 aliphatic rings. The van der Waals surface area contributed by atoms with Crippen molar-refractivity contribution in [2.24, 2.45) is 5.92 Å². The monoisotopic (exact) mass is 497 g/mol. The molecule has 1 unspecified atom stereocenters. The summed E-state index contributed by atoms with van der Waals surface area (Å²) in [6, 6.07) is 16.0. The molecule has 1 amide bonds. The summed E-state index contributed by atoms with van der Waals surface area (Å²) in [5, 5.41) is 20.5. The highest BCUT2D eigenvalue weighted by molar-refractivity contribution is 7.83. The largest absolute Gasteiger partial charge is 0.481 e. The minimum Gasteiger partial charge on any atom is -0.481 e. The van der Waals surface area contributed by atoms with Crippen LogP contribution in [0.1, 0.15) is 59.0 Å². The van der Waals surface area contributed by atoms with E-state index in [4.69, 9.17) is 5.11 Å². The minimum atomic E-state index is -0.996. The summed E-state index contributed by atoms with van der Waals surface area (Å²) >= 11 is 1.23. The van der Waals surface area contributed by atoms with Crippen molar-refractivity contribution in [3.05, 3.63) is 64.7 Å². The lowest BCUT2D eigenvalue weighted by atomic mass is 9.77. The fourth-order valence-corrected chi connectivity index (χ4v) is 5.90. The number of carboxylic acids is 1. The van der Waals surface area contributed by atoms with Gasteiger partial charge in [0, 0.05) is 29.0 Å². The molecular formula is C25H27N3O4S2. The number of carboxylic acid groups (broad SMARTS) is 1. The van der Waals surface area contributed by atoms with E-state index in [-0.39, 0.29) is 18.2 Å². The van der Waals surface area contributed by atoms with Crippen LogP contribution in [0.4, 0.5) is 5.13 Å². The number of aliphatic carboxylic acids is 1. The number of carbonyl (C=O) groups is 2. The molecule has 2 aromatic rings. The number of amides is 1. The van der Waals surface area contributed by atoms with Gasteiger partial charge in [0.05, 0.1) is 5.75 Å². The van der Waals surface area contributed by atoms with Crippen LogP contribution in [0.5, 0.6) is 0 Å². The number of benzene rings is 2. The molecule has 2 N–H and O–H groups in total. The van der Waals surface area contributed by atoms with E-state index in [0.717, 1.165) is 25.7 Å². The Balaban J connectivity index is 0.000000388. The summed E-state index contributed by atoms with van der Waals surface area (Å²) in [5.74, 6) is 0.0570. The van der Waals surface area contributed by atoms with Gasteiger partial charge in [-0.2, -0.15) is 0 Å². The number of rotatable bonds is 7. The zero-order valence-electron chi connectivity index (χ0n) is 18.9. The third kappa shape index (κ3) is 6.80. The van der Waals surface area contributed by atoms with Crippen molar-refractivity contribution in [3.8, 4) is 11.1 Å². The number of anilines is 1. The van der Waals surface area contributed by atoms with E-state index in [1.807, 2.05) is 12.1 Å². The quantitative estimate of drug-likeness (QED) is 0.368. The van der Waals surface area contributed by atoms with Crippen LogP contribution in [0.3, 0.4) is 0 Å². The molecule has 0 bridgehead atoms. The first-order chi connectivity index (χ1) is 16.4. The van der Waals surface area contributed by atoms with Crippen LogP contribution in [0, 0.1) is 5.92 Å². The topological polar surface area (TPSA) is 109 Å². The lowest BCUT2D eigenvalue weighted by molar-refractivity contribution is -0.138. The number of hydrogen-bond acceptors (Lipinski definition) is 6. The Morgan fingerprint density at radius 2 is 1.74 bits per heavy atom. The number of hydrogen-bond donors (Lipinski definition) is 2. The van der Waals surface area contributed by atoms with Gasteiger partial charge >= 0.3 is 5.97 Å². The average Bonchev–Trinajstić information content (AvgIpc) is 3.17. The van der Waals surface area contributed by atoms with Crippen LogP contribution in [-0.4, -0.2) is 37.6 Å². The lowest BCUT2D eigenvalue weighted by Crippen LogP contribution is -2.16. The van der Waals surface area contributed by atoms with Crippen molar-refractivity contribution >= 4 is 39.1 Å². The Bertz CT molecular complexity index is 1170. The van der Waals surface area contributed by atoms with E-state index in [2.05, 4.69) is 39.8 Å². The SMILES string of the molecule is CS(=O)Cc1nnc(NC(=O)c2ccc(C3CCC(CC(=O)O)CC3)cc2)s1.c1cc2cc-2c1. The summed E-state index contributed by atoms with van der Waals surface area (Å²) in [6.07, 6.45) is 5.68. The fraction of sp³-hybridized carbons (Fsp3) is 0.360. The van der Waals surface area contributed by atoms with E-state index in [1.165, 1.54) is 28.0 Å². The molecule has 1 aromatic heterocycles. The third-order valence-electron chi connectivity index (χ3n) is 6.08. The Hall–Kier alpha value is -2.91. The van der Waals surface area contributed by atoms with Gasteiger partial charge in [-0.1, -0.05) is 41.7 Å². The Labute approximate surface area is 205 Å². The Morgan fingerprint density at radius 1 is 1.06 bits per heavy atom. The van der Waals surface area contributed by atoms with Crippen molar-refractivity contribution in [2.45, 2.75) is 43.8 Å². The number of fused-ring (bicyclic) bond motifs is 1. The number of aromatic nitrogens is 2. The molecule has 1 heterocycles. The van der Waals surface area contributed by atoms with E-state index in [0.29, 0.717) is 27.4 Å². The predicted molar refractivity (Wildman–Crippen MR) is 134 cm³/mol. The molecule has 0 saturated heterocycles. The van der Waals surface area contributed by atoms with Gasteiger partial charge in [0.15, 0.2) is 0 Å². The Morgan fingerprint density at radius 3 is 2.26 bits per heavy atom. The standard InChI is InChI=1S/C19H23N3O4S2.C6H4/c1-28(26)11-16-21-22-19(27-16)20-18(25)15-8-6-14(7-9-15)13-4-2-12(3-5-13)10-17(23)24;1-2-5-4-6(5)3-1/h6-9,12-13H,2-5,10-11H2,1H3,(H,23,24)(H,20,22,25);1-4H. The van der Waals surface area contributed by atoms with Gasteiger partial charge < -0.3 is 5.11 Å². The zero-order valence-corrected chi connectivity index (χ0v) is 20.5. The molecular weight excluding hydrogens is 470 g/mol. The van der Waals surface area contributed by atoms with Crippen molar-refractivity contribution in [2.75, 3.05) is 11.6 Å². The van der Waals surface area contributed by atoms with Gasteiger partial charge in [0.25, 0.3) is 5.91 Å². The number of carbonyl (C=O) groups excluding carboxylic acids is 1. The molecule has 0 radical (unpaired) electrons. The van der Waals surface area contributed by atoms with E-state index in [9.17, 15) is 13.8 Å². The molecule has 1 aromatic carbocycles. The smallest absolute Gasteiger partial charge is 0.303 e. The van der Waals surface area contributed by atoms with Crippen LogP contribution in [0.15, 0.2) is 48.5 Å². The molecule has 9 heteroatoms. The molecule has 34 heavy (non-hydrogen) atoms.